The van der Waals surface area contributed by atoms with E-state index in [2.05, 4.69) is 5.32 Å². The van der Waals surface area contributed by atoms with Crippen LogP contribution in [0, 0.1) is 10.1 Å². The van der Waals surface area contributed by atoms with Crippen LogP contribution in [-0.2, 0) is 0 Å². The Kier molecular flexibility index (Phi) is 3.84. The molecule has 7 nitrogen and oxygen atoms in total. The summed E-state index contributed by atoms with van der Waals surface area (Å²) >= 11 is 0. The lowest BCUT2D eigenvalue weighted by Gasteiger charge is -2.31. The van der Waals surface area contributed by atoms with E-state index in [-0.39, 0.29) is 11.7 Å². The van der Waals surface area contributed by atoms with Gasteiger partial charge in [0, 0.05) is 37.0 Å². The van der Waals surface area contributed by atoms with Crippen molar-refractivity contribution in [2.45, 2.75) is 18.9 Å². The van der Waals surface area contributed by atoms with Gasteiger partial charge in [-0.05, 0) is 25.0 Å². The van der Waals surface area contributed by atoms with Crippen LogP contribution in [-0.4, -0.2) is 40.2 Å². The Morgan fingerprint density at radius 3 is 2.37 bits per heavy atom. The summed E-state index contributed by atoms with van der Waals surface area (Å²) in [5.41, 5.74) is 0.880. The highest BCUT2D eigenvalue weighted by molar-refractivity contribution is 5.65. The zero-order valence-electron chi connectivity index (χ0n) is 10.3. The Morgan fingerprint density at radius 1 is 1.32 bits per heavy atom. The standard InChI is InChI=1S/C12H15N3O4/c16-12(17)14-7-5-10(6-8-14)13-9-1-3-11(4-2-9)15(18)19/h1-4,10,13H,5-8H2,(H,16,17). The monoisotopic (exact) mass is 265 g/mol. The Balaban J connectivity index is 1.88. The Labute approximate surface area is 110 Å². The zero-order chi connectivity index (χ0) is 13.8. The van der Waals surface area contributed by atoms with Crippen LogP contribution in [0.4, 0.5) is 16.2 Å². The molecule has 0 aromatic heterocycles. The summed E-state index contributed by atoms with van der Waals surface area (Å²) in [7, 11) is 0. The number of anilines is 1. The summed E-state index contributed by atoms with van der Waals surface area (Å²) in [6, 6.07) is 6.45. The molecule has 0 unspecified atom stereocenters. The summed E-state index contributed by atoms with van der Waals surface area (Å²) < 4.78 is 0. The summed E-state index contributed by atoms with van der Waals surface area (Å²) in [4.78, 5) is 22.2. The summed E-state index contributed by atoms with van der Waals surface area (Å²) in [6.45, 7) is 1.03. The first-order valence-corrected chi connectivity index (χ1v) is 6.05. The number of rotatable bonds is 3. The van der Waals surface area contributed by atoms with E-state index in [9.17, 15) is 14.9 Å². The predicted octanol–water partition coefficient (Wildman–Crippen LogP) is 2.15. The number of piperidine rings is 1. The SMILES string of the molecule is O=C(O)N1CCC(Nc2ccc([N+](=O)[O-])cc2)CC1. The van der Waals surface area contributed by atoms with E-state index in [0.717, 1.165) is 18.5 Å². The molecule has 0 aliphatic carbocycles. The van der Waals surface area contributed by atoms with Gasteiger partial charge in [0.25, 0.3) is 5.69 Å². The minimum absolute atomic E-state index is 0.0613. The van der Waals surface area contributed by atoms with Gasteiger partial charge in [-0.1, -0.05) is 0 Å². The fourth-order valence-electron chi connectivity index (χ4n) is 2.13. The normalized spacial score (nSPS) is 16.1. The molecule has 1 aliphatic heterocycles. The molecule has 0 bridgehead atoms. The molecule has 102 valence electrons. The first-order chi connectivity index (χ1) is 9.06. The van der Waals surface area contributed by atoms with Gasteiger partial charge in [0.2, 0.25) is 0 Å². The number of hydrogen-bond donors (Lipinski definition) is 2. The maximum Gasteiger partial charge on any atom is 0.407 e. The molecular formula is C12H15N3O4. The van der Waals surface area contributed by atoms with Crippen LogP contribution in [0.1, 0.15) is 12.8 Å². The van der Waals surface area contributed by atoms with Crippen molar-refractivity contribution in [1.82, 2.24) is 4.90 Å². The van der Waals surface area contributed by atoms with Crippen molar-refractivity contribution in [3.8, 4) is 0 Å². The minimum atomic E-state index is -0.881. The maximum absolute atomic E-state index is 10.8. The fraction of sp³-hybridized carbons (Fsp3) is 0.417. The number of nitro benzene ring substituents is 1. The van der Waals surface area contributed by atoms with Crippen LogP contribution < -0.4 is 5.32 Å². The number of amides is 1. The lowest BCUT2D eigenvalue weighted by molar-refractivity contribution is -0.384. The Hall–Kier alpha value is -2.31. The van der Waals surface area contributed by atoms with E-state index in [1.54, 1.807) is 12.1 Å². The van der Waals surface area contributed by atoms with Gasteiger partial charge < -0.3 is 15.3 Å². The van der Waals surface area contributed by atoms with Crippen LogP contribution >= 0.6 is 0 Å². The van der Waals surface area contributed by atoms with Crippen molar-refractivity contribution in [3.05, 3.63) is 34.4 Å². The topological polar surface area (TPSA) is 95.7 Å². The summed E-state index contributed by atoms with van der Waals surface area (Å²) in [5, 5.41) is 22.6. The molecule has 1 aromatic rings. The third kappa shape index (κ3) is 3.34. The van der Waals surface area contributed by atoms with E-state index in [1.807, 2.05) is 0 Å². The van der Waals surface area contributed by atoms with Crippen molar-refractivity contribution in [2.24, 2.45) is 0 Å². The molecule has 2 rings (SSSR count). The number of nitrogens with one attached hydrogen (secondary N) is 1. The summed E-state index contributed by atoms with van der Waals surface area (Å²) in [5.74, 6) is 0. The van der Waals surface area contributed by atoms with Gasteiger partial charge in [-0.15, -0.1) is 0 Å². The first-order valence-electron chi connectivity index (χ1n) is 6.05. The van der Waals surface area contributed by atoms with Crippen molar-refractivity contribution < 1.29 is 14.8 Å². The highest BCUT2D eigenvalue weighted by Gasteiger charge is 2.22. The van der Waals surface area contributed by atoms with Crippen LogP contribution in [0.3, 0.4) is 0 Å². The highest BCUT2D eigenvalue weighted by Crippen LogP contribution is 2.19. The molecule has 1 amide bonds. The molecule has 1 aliphatic rings. The van der Waals surface area contributed by atoms with Crippen LogP contribution in [0.15, 0.2) is 24.3 Å². The average molecular weight is 265 g/mol. The second-order valence-corrected chi connectivity index (χ2v) is 4.49. The number of carbonyl (C=O) groups is 1. The van der Waals surface area contributed by atoms with Crippen molar-refractivity contribution in [3.63, 3.8) is 0 Å². The number of hydrogen-bond acceptors (Lipinski definition) is 4. The molecule has 19 heavy (non-hydrogen) atoms. The minimum Gasteiger partial charge on any atom is -0.465 e. The molecule has 0 radical (unpaired) electrons. The number of nitro groups is 1. The van der Waals surface area contributed by atoms with Gasteiger partial charge in [0.05, 0.1) is 4.92 Å². The van der Waals surface area contributed by atoms with Gasteiger partial charge in [-0.25, -0.2) is 4.79 Å². The van der Waals surface area contributed by atoms with E-state index >= 15 is 0 Å². The van der Waals surface area contributed by atoms with Gasteiger partial charge in [-0.3, -0.25) is 10.1 Å². The molecule has 2 N–H and O–H groups in total. The Bertz CT molecular complexity index is 466. The quantitative estimate of drug-likeness (QED) is 0.644. The lowest BCUT2D eigenvalue weighted by Crippen LogP contribution is -2.41. The summed E-state index contributed by atoms with van der Waals surface area (Å²) in [6.07, 6.45) is 0.598. The largest absolute Gasteiger partial charge is 0.465 e. The zero-order valence-corrected chi connectivity index (χ0v) is 10.3. The molecule has 1 saturated heterocycles. The van der Waals surface area contributed by atoms with Gasteiger partial charge in [-0.2, -0.15) is 0 Å². The molecule has 0 atom stereocenters. The third-order valence-electron chi connectivity index (χ3n) is 3.21. The molecule has 1 aromatic carbocycles. The maximum atomic E-state index is 10.8. The molecule has 1 heterocycles. The number of nitrogens with zero attached hydrogens (tertiary/aromatic N) is 2. The second kappa shape index (κ2) is 5.55. The first kappa shape index (κ1) is 13.1. The molecule has 0 saturated carbocycles. The number of benzene rings is 1. The second-order valence-electron chi connectivity index (χ2n) is 4.49. The molecule has 7 heteroatoms. The van der Waals surface area contributed by atoms with Gasteiger partial charge in [0.1, 0.15) is 0 Å². The lowest BCUT2D eigenvalue weighted by atomic mass is 10.1. The van der Waals surface area contributed by atoms with Crippen molar-refractivity contribution >= 4 is 17.5 Å². The molecule has 1 fully saturated rings. The van der Waals surface area contributed by atoms with Crippen LogP contribution in [0.25, 0.3) is 0 Å². The van der Waals surface area contributed by atoms with Crippen LogP contribution in [0.2, 0.25) is 0 Å². The Morgan fingerprint density at radius 2 is 1.89 bits per heavy atom. The molecule has 0 spiro atoms. The van der Waals surface area contributed by atoms with E-state index in [4.69, 9.17) is 5.11 Å². The van der Waals surface area contributed by atoms with Crippen molar-refractivity contribution in [1.29, 1.82) is 0 Å². The third-order valence-corrected chi connectivity index (χ3v) is 3.21. The van der Waals surface area contributed by atoms with E-state index in [0.29, 0.717) is 13.1 Å². The number of carboxylic acid groups (broad SMARTS) is 1. The number of likely N-dealkylation sites (tertiary alicyclic amines) is 1. The average Bonchev–Trinajstić information content (AvgIpc) is 2.40. The molecular weight excluding hydrogens is 250 g/mol. The van der Waals surface area contributed by atoms with Crippen LogP contribution in [0.5, 0.6) is 0 Å². The van der Waals surface area contributed by atoms with E-state index in [1.165, 1.54) is 17.0 Å². The fourth-order valence-corrected chi connectivity index (χ4v) is 2.13. The highest BCUT2D eigenvalue weighted by atomic mass is 16.6. The smallest absolute Gasteiger partial charge is 0.407 e. The number of non-ortho nitro benzene ring substituents is 1. The van der Waals surface area contributed by atoms with Gasteiger partial charge >= 0.3 is 6.09 Å². The predicted molar refractivity (Wildman–Crippen MR) is 69.3 cm³/mol. The van der Waals surface area contributed by atoms with Crippen molar-refractivity contribution in [2.75, 3.05) is 18.4 Å². The van der Waals surface area contributed by atoms with Gasteiger partial charge in [0.15, 0.2) is 0 Å². The van der Waals surface area contributed by atoms with E-state index < -0.39 is 11.0 Å².